The highest BCUT2D eigenvalue weighted by atomic mass is 16.7. The van der Waals surface area contributed by atoms with Crippen LogP contribution in [0.25, 0.3) is 0 Å². The number of rotatable bonds is 7. The number of ketones is 1. The molecule has 6 N–H and O–H groups in total. The van der Waals surface area contributed by atoms with Crippen LogP contribution in [0.1, 0.15) is 20.3 Å². The summed E-state index contributed by atoms with van der Waals surface area (Å²) < 4.78 is 21.8. The van der Waals surface area contributed by atoms with Crippen LogP contribution in [0.2, 0.25) is 0 Å². The van der Waals surface area contributed by atoms with Crippen LogP contribution in [0.15, 0.2) is 11.6 Å². The van der Waals surface area contributed by atoms with Gasteiger partial charge in [0.25, 0.3) is 0 Å². The Labute approximate surface area is 185 Å². The summed E-state index contributed by atoms with van der Waals surface area (Å²) in [6.07, 6.45) is -7.52. The van der Waals surface area contributed by atoms with Crippen molar-refractivity contribution in [2.24, 2.45) is 17.3 Å². The van der Waals surface area contributed by atoms with Gasteiger partial charge in [0.2, 0.25) is 0 Å². The maximum atomic E-state index is 12.3. The van der Waals surface area contributed by atoms with Crippen LogP contribution in [0.4, 0.5) is 0 Å². The first kappa shape index (κ1) is 24.1. The molecule has 11 heteroatoms. The van der Waals surface area contributed by atoms with E-state index in [1.807, 2.05) is 13.8 Å². The van der Waals surface area contributed by atoms with E-state index in [2.05, 4.69) is 0 Å². The normalized spacial score (nSPS) is 47.8. The number of aliphatic hydroxyl groups is 6. The molecule has 0 spiro atoms. The van der Waals surface area contributed by atoms with Crippen molar-refractivity contribution in [3.63, 3.8) is 0 Å². The Morgan fingerprint density at radius 3 is 2.38 bits per heavy atom. The zero-order chi connectivity index (χ0) is 23.4. The molecule has 1 saturated carbocycles. The Morgan fingerprint density at radius 2 is 1.78 bits per heavy atom. The second kappa shape index (κ2) is 8.66. The average molecular weight is 460 g/mol. The fourth-order valence-corrected chi connectivity index (χ4v) is 5.06. The zero-order valence-corrected chi connectivity index (χ0v) is 18.0. The second-order valence-corrected chi connectivity index (χ2v) is 9.83. The molecule has 2 saturated heterocycles. The highest BCUT2D eigenvalue weighted by Gasteiger charge is 2.55. The molecular formula is C21H32O11. The minimum Gasteiger partial charge on any atom is -0.393 e. The number of allylic oxidation sites excluding steroid dienone is 1. The molecular weight excluding hydrogens is 428 g/mol. The van der Waals surface area contributed by atoms with Gasteiger partial charge in [-0.2, -0.15) is 0 Å². The van der Waals surface area contributed by atoms with E-state index >= 15 is 0 Å². The maximum absolute atomic E-state index is 12.3. The zero-order valence-electron chi connectivity index (χ0n) is 18.0. The minimum absolute atomic E-state index is 0.0166. The molecule has 182 valence electrons. The lowest BCUT2D eigenvalue weighted by Crippen LogP contribution is -2.60. The quantitative estimate of drug-likeness (QED) is 0.236. The molecule has 0 aromatic carbocycles. The molecule has 3 aliphatic carbocycles. The van der Waals surface area contributed by atoms with E-state index in [-0.39, 0.29) is 42.9 Å². The van der Waals surface area contributed by atoms with Gasteiger partial charge >= 0.3 is 0 Å². The van der Waals surface area contributed by atoms with Crippen LogP contribution in [0, 0.1) is 17.3 Å². The fraction of sp³-hybridized carbons (Fsp3) is 0.857. The first-order valence-corrected chi connectivity index (χ1v) is 10.8. The molecule has 10 atom stereocenters. The first-order valence-electron chi connectivity index (χ1n) is 10.8. The van der Waals surface area contributed by atoms with Crippen molar-refractivity contribution in [3.05, 3.63) is 11.6 Å². The lowest BCUT2D eigenvalue weighted by Gasteiger charge is -2.55. The predicted molar refractivity (Wildman–Crippen MR) is 105 cm³/mol. The third-order valence-corrected chi connectivity index (χ3v) is 7.47. The summed E-state index contributed by atoms with van der Waals surface area (Å²) in [4.78, 5) is 12.3. The van der Waals surface area contributed by atoms with Gasteiger partial charge in [0.1, 0.15) is 36.1 Å². The van der Waals surface area contributed by atoms with Gasteiger partial charge in [-0.1, -0.05) is 13.8 Å². The number of aliphatic hydroxyl groups excluding tert-OH is 5. The molecule has 0 aromatic rings. The van der Waals surface area contributed by atoms with Crippen LogP contribution < -0.4 is 0 Å². The van der Waals surface area contributed by atoms with E-state index in [4.69, 9.17) is 18.9 Å². The van der Waals surface area contributed by atoms with Crippen molar-refractivity contribution in [1.29, 1.82) is 0 Å². The summed E-state index contributed by atoms with van der Waals surface area (Å²) in [5.41, 5.74) is -1.21. The number of ether oxygens (including phenoxy) is 4. The van der Waals surface area contributed by atoms with Gasteiger partial charge in [0.15, 0.2) is 18.4 Å². The van der Waals surface area contributed by atoms with E-state index in [0.29, 0.717) is 0 Å². The number of hydrogen-bond donors (Lipinski definition) is 6. The van der Waals surface area contributed by atoms with E-state index in [1.165, 1.54) is 0 Å². The van der Waals surface area contributed by atoms with Crippen molar-refractivity contribution in [3.8, 4) is 0 Å². The summed E-state index contributed by atoms with van der Waals surface area (Å²) in [6, 6.07) is 0. The summed E-state index contributed by atoms with van der Waals surface area (Å²) in [6.45, 7) is 2.67. The van der Waals surface area contributed by atoms with Gasteiger partial charge in [-0.05, 0) is 29.4 Å². The number of hydrogen-bond acceptors (Lipinski definition) is 11. The molecule has 10 unspecified atom stereocenters. The number of carbonyl (C=O) groups is 1. The third-order valence-electron chi connectivity index (χ3n) is 7.47. The molecule has 2 bridgehead atoms. The molecule has 0 amide bonds. The van der Waals surface area contributed by atoms with Crippen LogP contribution >= 0.6 is 0 Å². The molecule has 5 rings (SSSR count). The smallest absolute Gasteiger partial charge is 0.187 e. The number of fused-ring (bicyclic) bond motifs is 1. The predicted octanol–water partition coefficient (Wildman–Crippen LogP) is -2.56. The van der Waals surface area contributed by atoms with Crippen LogP contribution in [0.3, 0.4) is 0 Å². The Bertz CT molecular complexity index is 754. The van der Waals surface area contributed by atoms with Crippen molar-refractivity contribution in [2.45, 2.75) is 69.0 Å². The van der Waals surface area contributed by atoms with E-state index in [0.717, 1.165) is 12.0 Å². The van der Waals surface area contributed by atoms with Crippen molar-refractivity contribution in [2.75, 3.05) is 26.4 Å². The summed E-state index contributed by atoms with van der Waals surface area (Å²) >= 11 is 0. The highest BCUT2D eigenvalue weighted by molar-refractivity contribution is 5.96. The molecule has 2 heterocycles. The van der Waals surface area contributed by atoms with Crippen molar-refractivity contribution >= 4 is 5.78 Å². The molecule has 32 heavy (non-hydrogen) atoms. The third kappa shape index (κ3) is 3.94. The van der Waals surface area contributed by atoms with E-state index in [1.54, 1.807) is 6.08 Å². The SMILES string of the molecule is CC1(C)C2CC1C(COC1OC(COC3OCC(O)(CO)C3O)C(O)C(O)C1O)=CC2=O. The molecule has 0 aromatic heterocycles. The monoisotopic (exact) mass is 460 g/mol. The summed E-state index contributed by atoms with van der Waals surface area (Å²) in [5.74, 6) is 0.260. The standard InChI is InChI=1S/C21H32O11/c1-20(2)10-4-11(20)12(23)3-9(10)5-29-18-16(26)15(25)14(24)13(32-18)6-30-19-17(27)21(28,7-22)8-31-19/h3,10-11,13-19,22,24-28H,4-8H2,1-2H3. The van der Waals surface area contributed by atoms with Gasteiger partial charge in [0, 0.05) is 5.92 Å². The lowest BCUT2D eigenvalue weighted by atomic mass is 9.48. The molecule has 2 aliphatic heterocycles. The summed E-state index contributed by atoms with van der Waals surface area (Å²) in [5, 5.41) is 60.1. The Morgan fingerprint density at radius 1 is 1.06 bits per heavy atom. The highest BCUT2D eigenvalue weighted by Crippen LogP contribution is 2.57. The maximum Gasteiger partial charge on any atom is 0.187 e. The van der Waals surface area contributed by atoms with E-state index < -0.39 is 55.3 Å². The Hall–Kier alpha value is -0.990. The van der Waals surface area contributed by atoms with Gasteiger partial charge < -0.3 is 49.6 Å². The first-order chi connectivity index (χ1) is 15.0. The summed E-state index contributed by atoms with van der Waals surface area (Å²) in [7, 11) is 0. The largest absolute Gasteiger partial charge is 0.393 e. The number of carbonyl (C=O) groups excluding carboxylic acids is 1. The van der Waals surface area contributed by atoms with Gasteiger partial charge in [-0.25, -0.2) is 0 Å². The topological polar surface area (TPSA) is 175 Å². The van der Waals surface area contributed by atoms with E-state index in [9.17, 15) is 35.4 Å². The molecule has 0 radical (unpaired) electrons. The fourth-order valence-electron chi connectivity index (χ4n) is 5.06. The van der Waals surface area contributed by atoms with Crippen LogP contribution in [-0.4, -0.2) is 112 Å². The van der Waals surface area contributed by atoms with Crippen LogP contribution in [0.5, 0.6) is 0 Å². The minimum atomic E-state index is -1.86. The second-order valence-electron chi connectivity index (χ2n) is 9.83. The molecule has 5 aliphatic rings. The van der Waals surface area contributed by atoms with Gasteiger partial charge in [0.05, 0.1) is 26.4 Å². The molecule has 11 nitrogen and oxygen atoms in total. The average Bonchev–Trinajstić information content (AvgIpc) is 3.04. The Kier molecular flexibility index (Phi) is 6.53. The van der Waals surface area contributed by atoms with Crippen molar-refractivity contribution < 1.29 is 54.4 Å². The Balaban J connectivity index is 1.35. The van der Waals surface area contributed by atoms with Gasteiger partial charge in [-0.15, -0.1) is 0 Å². The van der Waals surface area contributed by atoms with Crippen LogP contribution in [-0.2, 0) is 23.7 Å². The molecule has 3 fully saturated rings. The van der Waals surface area contributed by atoms with Crippen molar-refractivity contribution in [1.82, 2.24) is 0 Å². The van der Waals surface area contributed by atoms with Gasteiger partial charge in [-0.3, -0.25) is 4.79 Å². The lowest BCUT2D eigenvalue weighted by molar-refractivity contribution is -0.308.